The average molecular weight is 395 g/mol. The number of carbonyl (C=O) groups is 1. The van der Waals surface area contributed by atoms with Crippen LogP contribution in [0.15, 0.2) is 59.8 Å². The maximum Gasteiger partial charge on any atom is 0.236 e. The van der Waals surface area contributed by atoms with Crippen molar-refractivity contribution in [1.82, 2.24) is 19.7 Å². The van der Waals surface area contributed by atoms with Crippen LogP contribution in [0, 0.1) is 13.8 Å². The molecule has 0 saturated carbocycles. The van der Waals surface area contributed by atoms with Gasteiger partial charge in [-0.3, -0.25) is 9.36 Å². The van der Waals surface area contributed by atoms with Gasteiger partial charge in [-0.25, -0.2) is 0 Å². The van der Waals surface area contributed by atoms with Gasteiger partial charge in [0.15, 0.2) is 5.16 Å². The summed E-state index contributed by atoms with van der Waals surface area (Å²) in [7, 11) is 0. The van der Waals surface area contributed by atoms with Crippen molar-refractivity contribution in [3.63, 3.8) is 0 Å². The van der Waals surface area contributed by atoms with Crippen LogP contribution in [0.5, 0.6) is 0 Å². The molecule has 1 unspecified atom stereocenters. The molecule has 2 aromatic carbocycles. The van der Waals surface area contributed by atoms with E-state index in [1.165, 1.54) is 11.8 Å². The Labute approximate surface area is 170 Å². The number of nitrogens with zero attached hydrogens (tertiary/aromatic N) is 4. The number of para-hydroxylation sites is 1. The summed E-state index contributed by atoms with van der Waals surface area (Å²) in [6, 6.07) is 18.2. The second-order valence-electron chi connectivity index (χ2n) is 6.75. The first kappa shape index (κ1) is 20.1. The molecule has 1 atom stereocenters. The third-order valence-corrected chi connectivity index (χ3v) is 5.72. The second-order valence-corrected chi connectivity index (χ2v) is 8.06. The Morgan fingerprint density at radius 2 is 1.75 bits per heavy atom. The first-order valence-electron chi connectivity index (χ1n) is 9.48. The molecule has 0 fully saturated rings. The molecule has 0 aliphatic carbocycles. The van der Waals surface area contributed by atoms with Crippen LogP contribution in [0.3, 0.4) is 0 Å². The lowest BCUT2D eigenvalue weighted by Gasteiger charge is -2.24. The topological polar surface area (TPSA) is 51.0 Å². The van der Waals surface area contributed by atoms with Gasteiger partial charge in [0.1, 0.15) is 5.82 Å². The Morgan fingerprint density at radius 3 is 2.43 bits per heavy atom. The summed E-state index contributed by atoms with van der Waals surface area (Å²) in [6.45, 7) is 9.23. The summed E-state index contributed by atoms with van der Waals surface area (Å²) >= 11 is 1.46. The van der Waals surface area contributed by atoms with Crippen LogP contribution < -0.4 is 0 Å². The zero-order valence-corrected chi connectivity index (χ0v) is 17.6. The van der Waals surface area contributed by atoms with Crippen molar-refractivity contribution in [2.45, 2.75) is 44.6 Å². The van der Waals surface area contributed by atoms with Gasteiger partial charge in [0.2, 0.25) is 5.91 Å². The van der Waals surface area contributed by atoms with Crippen LogP contribution in [-0.2, 0) is 11.3 Å². The van der Waals surface area contributed by atoms with Gasteiger partial charge in [0.25, 0.3) is 0 Å². The molecule has 0 aliphatic heterocycles. The predicted octanol–water partition coefficient (Wildman–Crippen LogP) is 4.41. The molecule has 6 heteroatoms. The molecule has 5 nitrogen and oxygen atoms in total. The van der Waals surface area contributed by atoms with Crippen LogP contribution in [0.25, 0.3) is 5.69 Å². The molecule has 3 aromatic rings. The minimum atomic E-state index is -0.255. The quantitative estimate of drug-likeness (QED) is 0.557. The van der Waals surface area contributed by atoms with Crippen molar-refractivity contribution < 1.29 is 4.79 Å². The van der Waals surface area contributed by atoms with Gasteiger partial charge in [-0.2, -0.15) is 0 Å². The van der Waals surface area contributed by atoms with Gasteiger partial charge < -0.3 is 4.90 Å². The van der Waals surface area contributed by atoms with Gasteiger partial charge >= 0.3 is 0 Å². The molecule has 0 N–H and O–H groups in total. The second kappa shape index (κ2) is 9.06. The lowest BCUT2D eigenvalue weighted by atomic mass is 10.2. The molecule has 0 bridgehead atoms. The highest BCUT2D eigenvalue weighted by Crippen LogP contribution is 2.28. The van der Waals surface area contributed by atoms with Gasteiger partial charge in [-0.15, -0.1) is 10.2 Å². The van der Waals surface area contributed by atoms with E-state index in [0.29, 0.717) is 13.1 Å². The number of hydrogen-bond acceptors (Lipinski definition) is 4. The fraction of sp³-hybridized carbons (Fsp3) is 0.318. The molecule has 0 saturated heterocycles. The van der Waals surface area contributed by atoms with Crippen molar-refractivity contribution in [3.05, 3.63) is 71.5 Å². The summed E-state index contributed by atoms with van der Waals surface area (Å²) < 4.78 is 2.03. The van der Waals surface area contributed by atoms with Crippen molar-refractivity contribution in [1.29, 1.82) is 0 Å². The van der Waals surface area contributed by atoms with E-state index < -0.39 is 0 Å². The fourth-order valence-corrected chi connectivity index (χ4v) is 4.12. The van der Waals surface area contributed by atoms with Gasteiger partial charge in [0.05, 0.1) is 10.9 Å². The lowest BCUT2D eigenvalue weighted by molar-refractivity contribution is -0.130. The molecule has 146 valence electrons. The van der Waals surface area contributed by atoms with Gasteiger partial charge in [-0.05, 0) is 44.9 Å². The maximum absolute atomic E-state index is 13.1. The van der Waals surface area contributed by atoms with E-state index in [2.05, 4.69) is 29.3 Å². The van der Waals surface area contributed by atoms with Gasteiger partial charge in [-0.1, -0.05) is 60.3 Å². The van der Waals surface area contributed by atoms with Crippen LogP contribution in [-0.4, -0.2) is 37.4 Å². The molecule has 3 rings (SSSR count). The monoisotopic (exact) mass is 394 g/mol. The van der Waals surface area contributed by atoms with Crippen molar-refractivity contribution >= 4 is 17.7 Å². The third kappa shape index (κ3) is 4.44. The number of benzene rings is 2. The van der Waals surface area contributed by atoms with Crippen LogP contribution in [0.2, 0.25) is 0 Å². The summed E-state index contributed by atoms with van der Waals surface area (Å²) in [5.74, 6) is 0.918. The number of rotatable bonds is 7. The number of thioether (sulfide) groups is 1. The van der Waals surface area contributed by atoms with E-state index in [1.807, 2.05) is 72.7 Å². The number of hydrogen-bond donors (Lipinski definition) is 0. The normalized spacial score (nSPS) is 12.0. The first-order chi connectivity index (χ1) is 13.5. The number of aromatic nitrogens is 3. The smallest absolute Gasteiger partial charge is 0.236 e. The van der Waals surface area contributed by atoms with E-state index in [4.69, 9.17) is 0 Å². The molecule has 1 amide bonds. The maximum atomic E-state index is 13.1. The molecular formula is C22H26N4OS. The minimum Gasteiger partial charge on any atom is -0.338 e. The van der Waals surface area contributed by atoms with Crippen LogP contribution >= 0.6 is 11.8 Å². The summed E-state index contributed by atoms with van der Waals surface area (Å²) in [5, 5.41) is 9.06. The van der Waals surface area contributed by atoms with E-state index in [0.717, 1.165) is 27.8 Å². The van der Waals surface area contributed by atoms with Crippen LogP contribution in [0.4, 0.5) is 0 Å². The number of amides is 1. The molecular weight excluding hydrogens is 368 g/mol. The summed E-state index contributed by atoms with van der Waals surface area (Å²) in [6.07, 6.45) is 0. The predicted molar refractivity (Wildman–Crippen MR) is 114 cm³/mol. The Balaban J connectivity index is 1.78. The third-order valence-electron chi connectivity index (χ3n) is 4.69. The van der Waals surface area contributed by atoms with E-state index >= 15 is 0 Å². The summed E-state index contributed by atoms with van der Waals surface area (Å²) in [5.41, 5.74) is 3.32. The standard InChI is InChI=1S/C22H26N4OS/c1-5-25(15-19-12-7-6-8-13-19)21(27)17(3)28-22-24-23-18(4)26(22)20-14-10-9-11-16(20)2/h6-14,17H,5,15H2,1-4H3. The highest BCUT2D eigenvalue weighted by molar-refractivity contribution is 8.00. The Bertz CT molecular complexity index is 939. The molecule has 0 radical (unpaired) electrons. The molecule has 0 aliphatic rings. The average Bonchev–Trinajstić information content (AvgIpc) is 3.06. The van der Waals surface area contributed by atoms with Crippen molar-refractivity contribution in [3.8, 4) is 5.69 Å². The lowest BCUT2D eigenvalue weighted by Crippen LogP contribution is -2.36. The summed E-state index contributed by atoms with van der Waals surface area (Å²) in [4.78, 5) is 14.9. The highest BCUT2D eigenvalue weighted by atomic mass is 32.2. The Kier molecular flexibility index (Phi) is 6.52. The highest BCUT2D eigenvalue weighted by Gasteiger charge is 2.24. The zero-order valence-electron chi connectivity index (χ0n) is 16.8. The molecule has 0 spiro atoms. The Morgan fingerprint density at radius 1 is 1.07 bits per heavy atom. The number of carbonyl (C=O) groups excluding carboxylic acids is 1. The van der Waals surface area contributed by atoms with E-state index in [1.54, 1.807) is 0 Å². The first-order valence-corrected chi connectivity index (χ1v) is 10.4. The molecule has 1 aromatic heterocycles. The Hall–Kier alpha value is -2.60. The molecule has 1 heterocycles. The van der Waals surface area contributed by atoms with Crippen molar-refractivity contribution in [2.24, 2.45) is 0 Å². The van der Waals surface area contributed by atoms with E-state index in [9.17, 15) is 4.79 Å². The number of aryl methyl sites for hydroxylation is 2. The van der Waals surface area contributed by atoms with Crippen molar-refractivity contribution in [2.75, 3.05) is 6.54 Å². The minimum absolute atomic E-state index is 0.105. The SMILES string of the molecule is CCN(Cc1ccccc1)C(=O)C(C)Sc1nnc(C)n1-c1ccccc1C. The molecule has 28 heavy (non-hydrogen) atoms. The largest absolute Gasteiger partial charge is 0.338 e. The van der Waals surface area contributed by atoms with Crippen LogP contribution in [0.1, 0.15) is 30.8 Å². The van der Waals surface area contributed by atoms with Gasteiger partial charge in [0, 0.05) is 13.1 Å². The van der Waals surface area contributed by atoms with E-state index in [-0.39, 0.29) is 11.2 Å². The zero-order chi connectivity index (χ0) is 20.1. The fourth-order valence-electron chi connectivity index (χ4n) is 3.13.